The highest BCUT2D eigenvalue weighted by Gasteiger charge is 2.35. The van der Waals surface area contributed by atoms with Gasteiger partial charge in [-0.3, -0.25) is 14.7 Å². The molecular weight excluding hydrogens is 318 g/mol. The molecule has 1 atom stereocenters. The molecule has 3 aromatic rings. The van der Waals surface area contributed by atoms with Crippen LogP contribution in [-0.4, -0.2) is 40.1 Å². The third-order valence-electron chi connectivity index (χ3n) is 4.57. The number of fused-ring (bicyclic) bond motifs is 1. The number of rotatable bonds is 5. The SMILES string of the molecule is O=C(NCCc1cc2ccccc2[nH]1)C1CC(=O)N(c2cn[nH]c2)C1. The molecular formula is C18H19N5O2. The van der Waals surface area contributed by atoms with E-state index in [2.05, 4.69) is 32.6 Å². The molecule has 0 aliphatic carbocycles. The lowest BCUT2D eigenvalue weighted by Crippen LogP contribution is -2.34. The Bertz CT molecular complexity index is 866. The van der Waals surface area contributed by atoms with Crippen molar-refractivity contribution in [3.8, 4) is 0 Å². The van der Waals surface area contributed by atoms with Gasteiger partial charge in [-0.25, -0.2) is 0 Å². The Balaban J connectivity index is 1.31. The first kappa shape index (κ1) is 15.4. The average molecular weight is 337 g/mol. The Morgan fingerprint density at radius 1 is 1.36 bits per heavy atom. The Morgan fingerprint density at radius 2 is 2.24 bits per heavy atom. The van der Waals surface area contributed by atoms with Gasteiger partial charge < -0.3 is 15.2 Å². The van der Waals surface area contributed by atoms with E-state index in [-0.39, 0.29) is 24.2 Å². The quantitative estimate of drug-likeness (QED) is 0.660. The minimum Gasteiger partial charge on any atom is -0.358 e. The molecule has 0 spiro atoms. The van der Waals surface area contributed by atoms with Crippen LogP contribution in [0.3, 0.4) is 0 Å². The molecule has 0 saturated carbocycles. The molecule has 3 heterocycles. The van der Waals surface area contributed by atoms with Crippen LogP contribution >= 0.6 is 0 Å². The van der Waals surface area contributed by atoms with Crippen molar-refractivity contribution in [1.29, 1.82) is 0 Å². The first-order valence-electron chi connectivity index (χ1n) is 8.34. The summed E-state index contributed by atoms with van der Waals surface area (Å²) >= 11 is 0. The van der Waals surface area contributed by atoms with E-state index in [1.54, 1.807) is 17.3 Å². The lowest BCUT2D eigenvalue weighted by Gasteiger charge is -2.14. The third-order valence-corrected chi connectivity index (χ3v) is 4.57. The Labute approximate surface area is 144 Å². The molecule has 7 heteroatoms. The first-order valence-corrected chi connectivity index (χ1v) is 8.34. The number of aromatic nitrogens is 3. The molecule has 2 aromatic heterocycles. The summed E-state index contributed by atoms with van der Waals surface area (Å²) in [6.45, 7) is 0.943. The van der Waals surface area contributed by atoms with Crippen LogP contribution in [-0.2, 0) is 16.0 Å². The Morgan fingerprint density at radius 3 is 3.04 bits per heavy atom. The number of carbonyl (C=O) groups excluding carboxylic acids is 2. The van der Waals surface area contributed by atoms with Crippen molar-refractivity contribution < 1.29 is 9.59 Å². The van der Waals surface area contributed by atoms with Crippen LogP contribution in [0.15, 0.2) is 42.7 Å². The highest BCUT2D eigenvalue weighted by atomic mass is 16.2. The van der Waals surface area contributed by atoms with E-state index in [9.17, 15) is 9.59 Å². The summed E-state index contributed by atoms with van der Waals surface area (Å²) < 4.78 is 0. The normalized spacial score (nSPS) is 17.4. The lowest BCUT2D eigenvalue weighted by molar-refractivity contribution is -0.126. The second-order valence-corrected chi connectivity index (χ2v) is 6.28. The van der Waals surface area contributed by atoms with Crippen LogP contribution in [0.1, 0.15) is 12.1 Å². The monoisotopic (exact) mass is 337 g/mol. The molecule has 1 fully saturated rings. The summed E-state index contributed by atoms with van der Waals surface area (Å²) in [5.41, 5.74) is 2.89. The maximum atomic E-state index is 12.3. The number of aromatic amines is 2. The zero-order valence-electron chi connectivity index (χ0n) is 13.7. The highest BCUT2D eigenvalue weighted by Crippen LogP contribution is 2.24. The number of hydrogen-bond acceptors (Lipinski definition) is 3. The maximum Gasteiger partial charge on any atom is 0.227 e. The van der Waals surface area contributed by atoms with Crippen molar-refractivity contribution in [2.45, 2.75) is 12.8 Å². The number of hydrogen-bond donors (Lipinski definition) is 3. The van der Waals surface area contributed by atoms with Crippen molar-refractivity contribution in [3.05, 3.63) is 48.4 Å². The molecule has 4 rings (SSSR count). The van der Waals surface area contributed by atoms with E-state index in [0.717, 1.165) is 17.6 Å². The van der Waals surface area contributed by atoms with Crippen LogP contribution < -0.4 is 10.2 Å². The number of H-pyrrole nitrogens is 2. The largest absolute Gasteiger partial charge is 0.358 e. The van der Waals surface area contributed by atoms with Crippen molar-refractivity contribution >= 4 is 28.4 Å². The number of nitrogens with zero attached hydrogens (tertiary/aromatic N) is 2. The summed E-state index contributed by atoms with van der Waals surface area (Å²) in [6, 6.07) is 10.2. The van der Waals surface area contributed by atoms with Crippen LogP contribution in [0, 0.1) is 5.92 Å². The smallest absolute Gasteiger partial charge is 0.227 e. The predicted molar refractivity (Wildman–Crippen MR) is 94.1 cm³/mol. The van der Waals surface area contributed by atoms with Gasteiger partial charge in [0, 0.05) is 43.3 Å². The van der Waals surface area contributed by atoms with E-state index < -0.39 is 0 Å². The van der Waals surface area contributed by atoms with Gasteiger partial charge in [0.05, 0.1) is 17.8 Å². The average Bonchev–Trinajstić information content (AvgIpc) is 3.33. The van der Waals surface area contributed by atoms with E-state index in [1.165, 1.54) is 5.39 Å². The second-order valence-electron chi connectivity index (χ2n) is 6.28. The van der Waals surface area contributed by atoms with Crippen LogP contribution in [0.4, 0.5) is 5.69 Å². The molecule has 1 saturated heterocycles. The van der Waals surface area contributed by atoms with Gasteiger partial charge in [-0.15, -0.1) is 0 Å². The van der Waals surface area contributed by atoms with E-state index in [1.807, 2.05) is 18.2 Å². The summed E-state index contributed by atoms with van der Waals surface area (Å²) in [4.78, 5) is 29.4. The Hall–Kier alpha value is -3.09. The van der Waals surface area contributed by atoms with Gasteiger partial charge in [0.1, 0.15) is 0 Å². The van der Waals surface area contributed by atoms with Gasteiger partial charge in [-0.1, -0.05) is 18.2 Å². The highest BCUT2D eigenvalue weighted by molar-refractivity contribution is 6.00. The predicted octanol–water partition coefficient (Wildman–Crippen LogP) is 1.60. The van der Waals surface area contributed by atoms with Gasteiger partial charge >= 0.3 is 0 Å². The molecule has 0 bridgehead atoms. The molecule has 1 aliphatic rings. The van der Waals surface area contributed by atoms with Gasteiger partial charge in [-0.2, -0.15) is 5.10 Å². The number of nitrogens with one attached hydrogen (secondary N) is 3. The molecule has 1 unspecified atom stereocenters. The van der Waals surface area contributed by atoms with Crippen LogP contribution in [0.2, 0.25) is 0 Å². The minimum atomic E-state index is -0.315. The van der Waals surface area contributed by atoms with Crippen molar-refractivity contribution in [2.24, 2.45) is 5.92 Å². The van der Waals surface area contributed by atoms with Gasteiger partial charge in [0.15, 0.2) is 0 Å². The number of anilines is 1. The molecule has 2 amide bonds. The minimum absolute atomic E-state index is 0.0443. The van der Waals surface area contributed by atoms with E-state index >= 15 is 0 Å². The topological polar surface area (TPSA) is 93.9 Å². The fourth-order valence-corrected chi connectivity index (χ4v) is 3.26. The number of carbonyl (C=O) groups is 2. The zero-order valence-corrected chi connectivity index (χ0v) is 13.7. The fraction of sp³-hybridized carbons (Fsp3) is 0.278. The van der Waals surface area contributed by atoms with Crippen molar-refractivity contribution in [3.63, 3.8) is 0 Å². The molecule has 7 nitrogen and oxygen atoms in total. The van der Waals surface area contributed by atoms with Crippen molar-refractivity contribution in [1.82, 2.24) is 20.5 Å². The summed E-state index contributed by atoms with van der Waals surface area (Å²) in [5, 5.41) is 10.6. The number of amides is 2. The third kappa shape index (κ3) is 3.13. The van der Waals surface area contributed by atoms with E-state index in [4.69, 9.17) is 0 Å². The number of benzene rings is 1. The van der Waals surface area contributed by atoms with E-state index in [0.29, 0.717) is 18.8 Å². The zero-order chi connectivity index (χ0) is 17.2. The fourth-order valence-electron chi connectivity index (χ4n) is 3.26. The molecule has 25 heavy (non-hydrogen) atoms. The molecule has 128 valence electrons. The number of para-hydroxylation sites is 1. The van der Waals surface area contributed by atoms with Gasteiger partial charge in [0.2, 0.25) is 11.8 Å². The van der Waals surface area contributed by atoms with Crippen molar-refractivity contribution in [2.75, 3.05) is 18.0 Å². The van der Waals surface area contributed by atoms with Gasteiger partial charge in [0.25, 0.3) is 0 Å². The standard InChI is InChI=1S/C18H19N5O2/c24-17-8-13(11-23(17)15-9-20-21-10-15)18(25)19-6-5-14-7-12-3-1-2-4-16(12)22-14/h1-4,7,9-10,13,22H,5-6,8,11H2,(H,19,25)(H,20,21). The van der Waals surface area contributed by atoms with Crippen LogP contribution in [0.5, 0.6) is 0 Å². The summed E-state index contributed by atoms with van der Waals surface area (Å²) in [5.74, 6) is -0.433. The molecule has 3 N–H and O–H groups in total. The Kier molecular flexibility index (Phi) is 3.97. The molecule has 1 aromatic carbocycles. The summed E-state index contributed by atoms with van der Waals surface area (Å²) in [7, 11) is 0. The maximum absolute atomic E-state index is 12.3. The van der Waals surface area contributed by atoms with Crippen LogP contribution in [0.25, 0.3) is 10.9 Å². The molecule has 0 radical (unpaired) electrons. The lowest BCUT2D eigenvalue weighted by atomic mass is 10.1. The molecule has 1 aliphatic heterocycles. The summed E-state index contributed by atoms with van der Waals surface area (Å²) in [6.07, 6.45) is 4.22. The van der Waals surface area contributed by atoms with Gasteiger partial charge in [-0.05, 0) is 17.5 Å². The first-order chi connectivity index (χ1) is 12.2. The second kappa shape index (κ2) is 6.43.